The lowest BCUT2D eigenvalue weighted by Crippen LogP contribution is -2.29. The molecule has 0 radical (unpaired) electrons. The Bertz CT molecular complexity index is 355. The molecule has 0 saturated carbocycles. The van der Waals surface area contributed by atoms with Gasteiger partial charge in [-0.25, -0.2) is 9.18 Å². The molecule has 0 aliphatic carbocycles. The lowest BCUT2D eigenvalue weighted by atomic mass is 10.3. The summed E-state index contributed by atoms with van der Waals surface area (Å²) >= 11 is 0. The molecule has 0 atom stereocenters. The summed E-state index contributed by atoms with van der Waals surface area (Å²) in [5.74, 6) is -0.539. The molecule has 0 aliphatic rings. The van der Waals surface area contributed by atoms with E-state index in [9.17, 15) is 9.18 Å². The van der Waals surface area contributed by atoms with Crippen molar-refractivity contribution in [2.24, 2.45) is 0 Å². The number of anilines is 2. The summed E-state index contributed by atoms with van der Waals surface area (Å²) in [6.07, 6.45) is 0.851. The highest BCUT2D eigenvalue weighted by Crippen LogP contribution is 2.15. The van der Waals surface area contributed by atoms with Crippen molar-refractivity contribution in [3.05, 3.63) is 24.0 Å². The number of benzene rings is 1. The first kappa shape index (κ1) is 11.3. The second kappa shape index (κ2) is 5.19. The predicted octanol–water partition coefficient (Wildman–Crippen LogP) is 1.94. The molecule has 1 aromatic carbocycles. The van der Waals surface area contributed by atoms with Crippen molar-refractivity contribution in [1.82, 2.24) is 5.32 Å². The third-order valence-corrected chi connectivity index (χ3v) is 1.79. The highest BCUT2D eigenvalue weighted by molar-refractivity contribution is 5.89. The minimum Gasteiger partial charge on any atom is -0.396 e. The van der Waals surface area contributed by atoms with Crippen LogP contribution in [-0.4, -0.2) is 12.6 Å². The highest BCUT2D eigenvalue weighted by Gasteiger charge is 2.03. The molecule has 15 heavy (non-hydrogen) atoms. The third-order valence-electron chi connectivity index (χ3n) is 1.79. The van der Waals surface area contributed by atoms with Gasteiger partial charge in [-0.3, -0.25) is 0 Å². The molecule has 1 rings (SSSR count). The van der Waals surface area contributed by atoms with E-state index < -0.39 is 5.82 Å². The Morgan fingerprint density at radius 2 is 2.27 bits per heavy atom. The number of amides is 2. The smallest absolute Gasteiger partial charge is 0.319 e. The largest absolute Gasteiger partial charge is 0.396 e. The molecular formula is C10H14FN3O. The van der Waals surface area contributed by atoms with Crippen LogP contribution in [0.15, 0.2) is 18.2 Å². The number of nitrogen functional groups attached to an aromatic ring is 1. The summed E-state index contributed by atoms with van der Waals surface area (Å²) in [6, 6.07) is 3.79. The van der Waals surface area contributed by atoms with Crippen LogP contribution in [0.5, 0.6) is 0 Å². The molecule has 0 aromatic heterocycles. The van der Waals surface area contributed by atoms with Crippen LogP contribution in [0.1, 0.15) is 13.3 Å². The van der Waals surface area contributed by atoms with E-state index in [0.29, 0.717) is 12.2 Å². The first-order valence-electron chi connectivity index (χ1n) is 4.73. The van der Waals surface area contributed by atoms with Gasteiger partial charge in [0.2, 0.25) is 0 Å². The summed E-state index contributed by atoms with van der Waals surface area (Å²) in [7, 11) is 0. The summed E-state index contributed by atoms with van der Waals surface area (Å²) in [6.45, 7) is 2.53. The first-order chi connectivity index (χ1) is 7.13. The molecular weight excluding hydrogens is 197 g/mol. The minimum atomic E-state index is -0.539. The quantitative estimate of drug-likeness (QED) is 0.669. The van der Waals surface area contributed by atoms with E-state index in [4.69, 9.17) is 5.73 Å². The number of carbonyl (C=O) groups excluding carboxylic acids is 1. The number of rotatable bonds is 3. The molecule has 0 heterocycles. The molecule has 1 aromatic rings. The van der Waals surface area contributed by atoms with Crippen LogP contribution in [0.3, 0.4) is 0 Å². The fourth-order valence-electron chi connectivity index (χ4n) is 1.02. The maximum absolute atomic E-state index is 13.0. The normalized spacial score (nSPS) is 9.73. The van der Waals surface area contributed by atoms with E-state index in [1.165, 1.54) is 12.1 Å². The summed E-state index contributed by atoms with van der Waals surface area (Å²) in [5, 5.41) is 5.11. The summed E-state index contributed by atoms with van der Waals surface area (Å²) < 4.78 is 13.0. The fourth-order valence-corrected chi connectivity index (χ4v) is 1.02. The monoisotopic (exact) mass is 211 g/mol. The Hall–Kier alpha value is -1.78. The zero-order chi connectivity index (χ0) is 11.3. The van der Waals surface area contributed by atoms with Crippen molar-refractivity contribution in [2.45, 2.75) is 13.3 Å². The van der Waals surface area contributed by atoms with Crippen LogP contribution in [0.4, 0.5) is 20.6 Å². The molecule has 0 fully saturated rings. The Kier molecular flexibility index (Phi) is 3.91. The zero-order valence-electron chi connectivity index (χ0n) is 8.51. The lowest BCUT2D eigenvalue weighted by Gasteiger charge is -2.07. The standard InChI is InChI=1S/C10H14FN3O/c1-2-5-13-10(15)14-7-3-4-9(12)8(11)6-7/h3-4,6H,2,5,12H2,1H3,(H2,13,14,15). The van der Waals surface area contributed by atoms with E-state index in [-0.39, 0.29) is 11.7 Å². The molecule has 0 bridgehead atoms. The van der Waals surface area contributed by atoms with Gasteiger partial charge in [-0.05, 0) is 24.6 Å². The molecule has 0 aliphatic heterocycles. The Balaban J connectivity index is 2.57. The van der Waals surface area contributed by atoms with Crippen molar-refractivity contribution >= 4 is 17.4 Å². The number of nitrogens with two attached hydrogens (primary N) is 1. The molecule has 82 valence electrons. The van der Waals surface area contributed by atoms with E-state index >= 15 is 0 Å². The van der Waals surface area contributed by atoms with Gasteiger partial charge in [0, 0.05) is 12.2 Å². The predicted molar refractivity (Wildman–Crippen MR) is 58.1 cm³/mol. The van der Waals surface area contributed by atoms with E-state index in [1.807, 2.05) is 6.92 Å². The van der Waals surface area contributed by atoms with Gasteiger partial charge >= 0.3 is 6.03 Å². The van der Waals surface area contributed by atoms with E-state index in [1.54, 1.807) is 6.07 Å². The average Bonchev–Trinajstić information content (AvgIpc) is 2.20. The van der Waals surface area contributed by atoms with Crippen molar-refractivity contribution in [1.29, 1.82) is 0 Å². The molecule has 2 amide bonds. The molecule has 5 heteroatoms. The number of hydrogen-bond acceptors (Lipinski definition) is 2. The van der Waals surface area contributed by atoms with Crippen LogP contribution < -0.4 is 16.4 Å². The second-order valence-electron chi connectivity index (χ2n) is 3.12. The Morgan fingerprint density at radius 3 is 2.87 bits per heavy atom. The molecule has 4 nitrogen and oxygen atoms in total. The second-order valence-corrected chi connectivity index (χ2v) is 3.12. The van der Waals surface area contributed by atoms with Gasteiger partial charge in [0.25, 0.3) is 0 Å². The summed E-state index contributed by atoms with van der Waals surface area (Å²) in [5.41, 5.74) is 5.75. The molecule has 0 spiro atoms. The Labute approximate surface area is 87.7 Å². The van der Waals surface area contributed by atoms with E-state index in [2.05, 4.69) is 10.6 Å². The number of hydrogen-bond donors (Lipinski definition) is 3. The van der Waals surface area contributed by atoms with Crippen LogP contribution in [0.25, 0.3) is 0 Å². The van der Waals surface area contributed by atoms with Gasteiger partial charge in [-0.2, -0.15) is 0 Å². The van der Waals surface area contributed by atoms with Crippen molar-refractivity contribution < 1.29 is 9.18 Å². The van der Waals surface area contributed by atoms with Crippen LogP contribution in [-0.2, 0) is 0 Å². The maximum atomic E-state index is 13.0. The van der Waals surface area contributed by atoms with Crippen LogP contribution >= 0.6 is 0 Å². The summed E-state index contributed by atoms with van der Waals surface area (Å²) in [4.78, 5) is 11.2. The lowest BCUT2D eigenvalue weighted by molar-refractivity contribution is 0.252. The van der Waals surface area contributed by atoms with Crippen molar-refractivity contribution in [2.75, 3.05) is 17.6 Å². The first-order valence-corrected chi connectivity index (χ1v) is 4.73. The topological polar surface area (TPSA) is 67.2 Å². The van der Waals surface area contributed by atoms with Gasteiger partial charge in [-0.15, -0.1) is 0 Å². The van der Waals surface area contributed by atoms with Crippen molar-refractivity contribution in [3.63, 3.8) is 0 Å². The molecule has 0 unspecified atom stereocenters. The zero-order valence-corrected chi connectivity index (χ0v) is 8.51. The number of urea groups is 1. The molecule has 0 saturated heterocycles. The fraction of sp³-hybridized carbons (Fsp3) is 0.300. The van der Waals surface area contributed by atoms with E-state index in [0.717, 1.165) is 6.42 Å². The van der Waals surface area contributed by atoms with Crippen LogP contribution in [0.2, 0.25) is 0 Å². The number of nitrogens with one attached hydrogen (secondary N) is 2. The minimum absolute atomic E-state index is 0.0644. The maximum Gasteiger partial charge on any atom is 0.319 e. The molecule has 4 N–H and O–H groups in total. The van der Waals surface area contributed by atoms with Gasteiger partial charge < -0.3 is 16.4 Å². The third kappa shape index (κ3) is 3.46. The van der Waals surface area contributed by atoms with Gasteiger partial charge in [-0.1, -0.05) is 6.92 Å². The SMILES string of the molecule is CCCNC(=O)Nc1ccc(N)c(F)c1. The average molecular weight is 211 g/mol. The number of halogens is 1. The Morgan fingerprint density at radius 1 is 1.53 bits per heavy atom. The van der Waals surface area contributed by atoms with Gasteiger partial charge in [0.15, 0.2) is 0 Å². The van der Waals surface area contributed by atoms with Gasteiger partial charge in [0.1, 0.15) is 5.82 Å². The van der Waals surface area contributed by atoms with Crippen LogP contribution in [0, 0.1) is 5.82 Å². The highest BCUT2D eigenvalue weighted by atomic mass is 19.1. The van der Waals surface area contributed by atoms with Gasteiger partial charge in [0.05, 0.1) is 5.69 Å². The van der Waals surface area contributed by atoms with Crippen molar-refractivity contribution in [3.8, 4) is 0 Å². The number of carbonyl (C=O) groups is 1.